The van der Waals surface area contributed by atoms with Crippen molar-refractivity contribution in [3.63, 3.8) is 0 Å². The topological polar surface area (TPSA) is 32.7 Å². The third-order valence-corrected chi connectivity index (χ3v) is 6.42. The second kappa shape index (κ2) is 7.47. The lowest BCUT2D eigenvalue weighted by molar-refractivity contribution is 0.0709. The van der Waals surface area contributed by atoms with Crippen molar-refractivity contribution >= 4 is 17.2 Å². The Balaban J connectivity index is 1.26. The van der Waals surface area contributed by atoms with E-state index in [9.17, 15) is 4.79 Å². The number of rotatable bonds is 3. The van der Waals surface area contributed by atoms with Gasteiger partial charge in [-0.05, 0) is 66.2 Å². The highest BCUT2D eigenvalue weighted by molar-refractivity contribution is 5.96. The molecule has 2 aromatic carbocycles. The van der Waals surface area contributed by atoms with Gasteiger partial charge in [0.2, 0.25) is 0 Å². The summed E-state index contributed by atoms with van der Waals surface area (Å²) in [6.45, 7) is 3.79. The molecule has 5 rings (SSSR count). The van der Waals surface area contributed by atoms with Crippen molar-refractivity contribution in [3.05, 3.63) is 88.6 Å². The Morgan fingerprint density at radius 1 is 1.07 bits per heavy atom. The number of aliphatic imine (C=N–C) groups is 1. The lowest BCUT2D eigenvalue weighted by Crippen LogP contribution is -2.40. The summed E-state index contributed by atoms with van der Waals surface area (Å²) < 4.78 is 0. The molecule has 2 aromatic rings. The van der Waals surface area contributed by atoms with Crippen molar-refractivity contribution in [2.24, 2.45) is 10.9 Å². The maximum absolute atomic E-state index is 13.1. The van der Waals surface area contributed by atoms with Crippen LogP contribution in [0.1, 0.15) is 53.2 Å². The highest BCUT2D eigenvalue weighted by Gasteiger charge is 2.28. The number of fused-ring (bicyclic) bond motifs is 1. The van der Waals surface area contributed by atoms with Crippen LogP contribution in [0.3, 0.4) is 0 Å². The van der Waals surface area contributed by atoms with E-state index in [0.29, 0.717) is 5.92 Å². The van der Waals surface area contributed by atoms with E-state index in [1.807, 2.05) is 23.2 Å². The van der Waals surface area contributed by atoms with Crippen molar-refractivity contribution in [3.8, 4) is 0 Å². The molecule has 0 unspecified atom stereocenters. The number of allylic oxidation sites excluding steroid dienone is 2. The molecule has 3 nitrogen and oxygen atoms in total. The van der Waals surface area contributed by atoms with Gasteiger partial charge in [-0.25, -0.2) is 0 Å². The maximum atomic E-state index is 13.1. The van der Waals surface area contributed by atoms with Crippen LogP contribution in [0.4, 0.5) is 0 Å². The summed E-state index contributed by atoms with van der Waals surface area (Å²) in [5.74, 6) is 0.701. The molecule has 146 valence electrons. The predicted molar refractivity (Wildman–Crippen MR) is 118 cm³/mol. The summed E-state index contributed by atoms with van der Waals surface area (Å²) >= 11 is 0. The lowest BCUT2D eigenvalue weighted by atomic mass is 9.89. The van der Waals surface area contributed by atoms with E-state index >= 15 is 0 Å². The van der Waals surface area contributed by atoms with Crippen LogP contribution in [0.2, 0.25) is 0 Å². The zero-order valence-electron chi connectivity index (χ0n) is 16.9. The molecule has 0 radical (unpaired) electrons. The van der Waals surface area contributed by atoms with Gasteiger partial charge in [0, 0.05) is 42.9 Å². The van der Waals surface area contributed by atoms with E-state index in [0.717, 1.165) is 44.3 Å². The SMILES string of the molecule is CC1=CN=C(C2CCN(C(=O)c3ccc4c(c3)CC=C4c3ccccc3)CC2)C1. The summed E-state index contributed by atoms with van der Waals surface area (Å²) in [5, 5.41) is 0. The monoisotopic (exact) mass is 382 g/mol. The van der Waals surface area contributed by atoms with Crippen LogP contribution in [0.5, 0.6) is 0 Å². The second-order valence-electron chi connectivity index (χ2n) is 8.40. The van der Waals surface area contributed by atoms with Gasteiger partial charge in [0.05, 0.1) is 0 Å². The van der Waals surface area contributed by atoms with Gasteiger partial charge in [-0.15, -0.1) is 0 Å². The molecule has 0 saturated carbocycles. The number of likely N-dealkylation sites (tertiary alicyclic amines) is 1. The Morgan fingerprint density at radius 3 is 2.59 bits per heavy atom. The number of nitrogens with zero attached hydrogens (tertiary/aromatic N) is 2. The first kappa shape index (κ1) is 18.1. The number of benzene rings is 2. The van der Waals surface area contributed by atoms with Gasteiger partial charge in [-0.1, -0.05) is 42.5 Å². The molecule has 0 bridgehead atoms. The fourth-order valence-corrected chi connectivity index (χ4v) is 4.79. The first-order chi connectivity index (χ1) is 14.2. The molecule has 2 aliphatic heterocycles. The molecule has 29 heavy (non-hydrogen) atoms. The Labute approximate surface area is 172 Å². The number of carbonyl (C=O) groups is 1. The van der Waals surface area contributed by atoms with Gasteiger partial charge in [0.1, 0.15) is 0 Å². The van der Waals surface area contributed by atoms with Crippen LogP contribution in [0, 0.1) is 5.92 Å². The van der Waals surface area contributed by atoms with Gasteiger partial charge in [0.25, 0.3) is 5.91 Å². The maximum Gasteiger partial charge on any atom is 0.253 e. The molecule has 1 fully saturated rings. The minimum Gasteiger partial charge on any atom is -0.339 e. The number of amides is 1. The molecule has 0 atom stereocenters. The van der Waals surface area contributed by atoms with Gasteiger partial charge in [-0.2, -0.15) is 0 Å². The molecule has 1 saturated heterocycles. The standard InChI is InChI=1S/C26H26N2O/c1-18-15-25(27-17-18)20-11-13-28(14-12-20)26(29)22-8-10-24-21(16-22)7-9-23(24)19-5-3-2-4-6-19/h2-6,8-10,16-17,20H,7,11-15H2,1H3. The van der Waals surface area contributed by atoms with Crippen LogP contribution < -0.4 is 0 Å². The van der Waals surface area contributed by atoms with Gasteiger partial charge in [0.15, 0.2) is 0 Å². The molecule has 1 amide bonds. The summed E-state index contributed by atoms with van der Waals surface area (Å²) in [5.41, 5.74) is 8.51. The van der Waals surface area contributed by atoms with Crippen molar-refractivity contribution < 1.29 is 4.79 Å². The molecule has 0 N–H and O–H groups in total. The second-order valence-corrected chi connectivity index (χ2v) is 8.40. The van der Waals surface area contributed by atoms with Crippen LogP contribution in [0.25, 0.3) is 5.57 Å². The zero-order valence-corrected chi connectivity index (χ0v) is 16.9. The Kier molecular flexibility index (Phi) is 4.67. The molecule has 3 aliphatic rings. The zero-order chi connectivity index (χ0) is 19.8. The highest BCUT2D eigenvalue weighted by Crippen LogP contribution is 2.34. The first-order valence-corrected chi connectivity index (χ1v) is 10.6. The molecule has 3 heteroatoms. The molecular formula is C26H26N2O. The minimum absolute atomic E-state index is 0.169. The molecule has 0 spiro atoms. The molecule has 2 heterocycles. The van der Waals surface area contributed by atoms with E-state index in [2.05, 4.69) is 54.4 Å². The Morgan fingerprint density at radius 2 is 1.86 bits per heavy atom. The number of hydrogen-bond donors (Lipinski definition) is 0. The largest absolute Gasteiger partial charge is 0.339 e. The lowest BCUT2D eigenvalue weighted by Gasteiger charge is -2.32. The van der Waals surface area contributed by atoms with Gasteiger partial charge < -0.3 is 4.90 Å². The third kappa shape index (κ3) is 3.46. The van der Waals surface area contributed by atoms with Crippen LogP contribution in [0.15, 0.2) is 71.4 Å². The van der Waals surface area contributed by atoms with Gasteiger partial charge in [-0.3, -0.25) is 9.79 Å². The summed E-state index contributed by atoms with van der Waals surface area (Å²) in [7, 11) is 0. The third-order valence-electron chi connectivity index (χ3n) is 6.42. The van der Waals surface area contributed by atoms with Crippen molar-refractivity contribution in [1.82, 2.24) is 4.90 Å². The average molecular weight is 383 g/mol. The summed E-state index contributed by atoms with van der Waals surface area (Å²) in [4.78, 5) is 19.7. The van der Waals surface area contributed by atoms with Crippen molar-refractivity contribution in [2.45, 2.75) is 32.6 Å². The van der Waals surface area contributed by atoms with Crippen molar-refractivity contribution in [1.29, 1.82) is 0 Å². The minimum atomic E-state index is 0.169. The predicted octanol–water partition coefficient (Wildman–Crippen LogP) is 5.28. The smallest absolute Gasteiger partial charge is 0.253 e. The normalized spacial score (nSPS) is 18.9. The van der Waals surface area contributed by atoms with E-state index in [4.69, 9.17) is 0 Å². The Hall–Kier alpha value is -2.94. The fourth-order valence-electron chi connectivity index (χ4n) is 4.79. The quantitative estimate of drug-likeness (QED) is 0.711. The molecular weight excluding hydrogens is 356 g/mol. The number of carbonyl (C=O) groups excluding carboxylic acids is 1. The summed E-state index contributed by atoms with van der Waals surface area (Å²) in [6, 6.07) is 16.7. The van der Waals surface area contributed by atoms with E-state index in [1.54, 1.807) is 0 Å². The first-order valence-electron chi connectivity index (χ1n) is 10.6. The van der Waals surface area contributed by atoms with E-state index in [1.165, 1.54) is 33.5 Å². The van der Waals surface area contributed by atoms with Crippen LogP contribution >= 0.6 is 0 Å². The van der Waals surface area contributed by atoms with Crippen LogP contribution in [-0.4, -0.2) is 29.6 Å². The van der Waals surface area contributed by atoms with Crippen LogP contribution in [-0.2, 0) is 6.42 Å². The average Bonchev–Trinajstić information content (AvgIpc) is 3.40. The highest BCUT2D eigenvalue weighted by atomic mass is 16.2. The van der Waals surface area contributed by atoms with E-state index in [-0.39, 0.29) is 5.91 Å². The molecule has 1 aliphatic carbocycles. The summed E-state index contributed by atoms with van der Waals surface area (Å²) in [6.07, 6.45) is 8.23. The number of hydrogen-bond acceptors (Lipinski definition) is 2. The van der Waals surface area contributed by atoms with Crippen molar-refractivity contribution in [2.75, 3.05) is 13.1 Å². The van der Waals surface area contributed by atoms with Gasteiger partial charge >= 0.3 is 0 Å². The molecule has 0 aromatic heterocycles. The Bertz CT molecular complexity index is 1040. The van der Waals surface area contributed by atoms with E-state index < -0.39 is 0 Å². The number of piperidine rings is 1. The fraction of sp³-hybridized carbons (Fsp3) is 0.308.